The topological polar surface area (TPSA) is 60.9 Å². The van der Waals surface area contributed by atoms with E-state index in [-0.39, 0.29) is 0 Å². The second-order valence-corrected chi connectivity index (χ2v) is 5.01. The molecular formula is C8H8N6S2. The number of hydrogen-bond donors (Lipinski definition) is 0. The Bertz CT molecular complexity index is 580. The van der Waals surface area contributed by atoms with Crippen LogP contribution in [0.3, 0.4) is 0 Å². The number of aromatic nitrogens is 6. The molecule has 3 heterocycles. The molecule has 3 rings (SSSR count). The predicted molar refractivity (Wildman–Crippen MR) is 61.4 cm³/mol. The minimum absolute atomic E-state index is 0.780. The smallest absolute Gasteiger partial charge is 0.209 e. The van der Waals surface area contributed by atoms with Crippen molar-refractivity contribution in [1.29, 1.82) is 0 Å². The van der Waals surface area contributed by atoms with Gasteiger partial charge in [-0.05, 0) is 10.4 Å². The number of tetrazole rings is 1. The lowest BCUT2D eigenvalue weighted by Gasteiger charge is -1.95. The van der Waals surface area contributed by atoms with Crippen molar-refractivity contribution >= 4 is 28.1 Å². The summed E-state index contributed by atoms with van der Waals surface area (Å²) in [6.07, 6.45) is 4.04. The lowest BCUT2D eigenvalue weighted by molar-refractivity contribution is 0.664. The monoisotopic (exact) mass is 252 g/mol. The van der Waals surface area contributed by atoms with Crippen LogP contribution in [0.15, 0.2) is 22.9 Å². The molecule has 0 radical (unpaired) electrons. The summed E-state index contributed by atoms with van der Waals surface area (Å²) in [7, 11) is 1.83. The summed E-state index contributed by atoms with van der Waals surface area (Å²) >= 11 is 3.21. The molecule has 3 aromatic heterocycles. The Morgan fingerprint density at radius 3 is 3.19 bits per heavy atom. The quantitative estimate of drug-likeness (QED) is 0.656. The maximum Gasteiger partial charge on any atom is 0.209 e. The summed E-state index contributed by atoms with van der Waals surface area (Å²) in [5.41, 5.74) is 1.04. The van der Waals surface area contributed by atoms with E-state index in [4.69, 9.17) is 0 Å². The molecule has 0 aliphatic rings. The molecule has 0 saturated heterocycles. The van der Waals surface area contributed by atoms with Gasteiger partial charge in [0.05, 0.1) is 5.69 Å². The van der Waals surface area contributed by atoms with Gasteiger partial charge in [0.2, 0.25) is 5.16 Å². The van der Waals surface area contributed by atoms with E-state index in [9.17, 15) is 0 Å². The third kappa shape index (κ3) is 1.69. The van der Waals surface area contributed by atoms with Crippen LogP contribution in [0.2, 0.25) is 0 Å². The Morgan fingerprint density at radius 2 is 2.44 bits per heavy atom. The number of thiazole rings is 1. The zero-order valence-corrected chi connectivity index (χ0v) is 10.1. The highest BCUT2D eigenvalue weighted by atomic mass is 32.2. The summed E-state index contributed by atoms with van der Waals surface area (Å²) in [5.74, 6) is 0.780. The third-order valence-corrected chi connectivity index (χ3v) is 3.89. The van der Waals surface area contributed by atoms with Gasteiger partial charge in [0.25, 0.3) is 0 Å². The van der Waals surface area contributed by atoms with Crippen LogP contribution in [-0.2, 0) is 12.8 Å². The molecule has 16 heavy (non-hydrogen) atoms. The zero-order valence-electron chi connectivity index (χ0n) is 8.44. The normalized spacial score (nSPS) is 11.3. The summed E-state index contributed by atoms with van der Waals surface area (Å²) in [5, 5.41) is 14.1. The SMILES string of the molecule is Cn1nnnc1SCc1cn2ccsc2n1. The first-order valence-corrected chi connectivity index (χ1v) is 6.46. The number of aryl methyl sites for hydroxylation is 1. The molecule has 0 saturated carbocycles. The highest BCUT2D eigenvalue weighted by Gasteiger charge is 2.06. The van der Waals surface area contributed by atoms with E-state index < -0.39 is 0 Å². The van der Waals surface area contributed by atoms with Crippen molar-refractivity contribution in [3.63, 3.8) is 0 Å². The average molecular weight is 252 g/mol. The number of nitrogens with zero attached hydrogens (tertiary/aromatic N) is 6. The van der Waals surface area contributed by atoms with Gasteiger partial charge in [-0.25, -0.2) is 9.67 Å². The second kappa shape index (κ2) is 3.87. The number of thioether (sulfide) groups is 1. The number of fused-ring (bicyclic) bond motifs is 1. The van der Waals surface area contributed by atoms with Crippen LogP contribution in [0.25, 0.3) is 4.96 Å². The summed E-state index contributed by atoms with van der Waals surface area (Å²) in [6.45, 7) is 0. The number of imidazole rings is 1. The molecule has 0 aliphatic carbocycles. The molecule has 0 fully saturated rings. The van der Waals surface area contributed by atoms with Crippen LogP contribution in [0, 0.1) is 0 Å². The van der Waals surface area contributed by atoms with Crippen LogP contribution in [0.1, 0.15) is 5.69 Å². The van der Waals surface area contributed by atoms with Crippen LogP contribution >= 0.6 is 23.1 Å². The van der Waals surface area contributed by atoms with Crippen molar-refractivity contribution in [2.75, 3.05) is 0 Å². The van der Waals surface area contributed by atoms with Gasteiger partial charge < -0.3 is 0 Å². The van der Waals surface area contributed by atoms with Gasteiger partial charge in [-0.2, -0.15) is 0 Å². The standard InChI is InChI=1S/C8H8N6S2/c1-13-8(10-11-12-13)16-5-6-4-14-2-3-15-7(14)9-6/h2-4H,5H2,1H3. The maximum absolute atomic E-state index is 4.48. The summed E-state index contributed by atoms with van der Waals surface area (Å²) in [4.78, 5) is 5.50. The van der Waals surface area contributed by atoms with Gasteiger partial charge in [0.15, 0.2) is 4.96 Å². The van der Waals surface area contributed by atoms with Crippen molar-refractivity contribution < 1.29 is 0 Å². The minimum atomic E-state index is 0.780. The fraction of sp³-hybridized carbons (Fsp3) is 0.250. The van der Waals surface area contributed by atoms with Gasteiger partial charge >= 0.3 is 0 Å². The Morgan fingerprint density at radius 1 is 1.50 bits per heavy atom. The minimum Gasteiger partial charge on any atom is -0.297 e. The molecule has 0 spiro atoms. The van der Waals surface area contributed by atoms with Gasteiger partial charge in [-0.15, -0.1) is 16.4 Å². The molecule has 0 bridgehead atoms. The van der Waals surface area contributed by atoms with Crippen LogP contribution in [0.4, 0.5) is 0 Å². The molecular weight excluding hydrogens is 244 g/mol. The van der Waals surface area contributed by atoms with Crippen LogP contribution in [-0.4, -0.2) is 29.6 Å². The predicted octanol–water partition coefficient (Wildman–Crippen LogP) is 1.21. The Balaban J connectivity index is 1.76. The summed E-state index contributed by atoms with van der Waals surface area (Å²) in [6, 6.07) is 0. The van der Waals surface area contributed by atoms with E-state index in [1.54, 1.807) is 27.8 Å². The van der Waals surface area contributed by atoms with E-state index in [1.807, 2.05) is 29.2 Å². The van der Waals surface area contributed by atoms with Gasteiger partial charge in [-0.3, -0.25) is 4.40 Å². The number of hydrogen-bond acceptors (Lipinski definition) is 6. The Kier molecular flexibility index (Phi) is 2.37. The van der Waals surface area contributed by atoms with Crippen LogP contribution < -0.4 is 0 Å². The van der Waals surface area contributed by atoms with E-state index in [0.29, 0.717) is 0 Å². The molecule has 3 aromatic rings. The molecule has 0 atom stereocenters. The van der Waals surface area contributed by atoms with Crippen molar-refractivity contribution in [2.45, 2.75) is 10.9 Å². The summed E-state index contributed by atoms with van der Waals surface area (Å²) < 4.78 is 3.68. The first-order valence-electron chi connectivity index (χ1n) is 4.59. The van der Waals surface area contributed by atoms with Gasteiger partial charge in [-0.1, -0.05) is 11.8 Å². The van der Waals surface area contributed by atoms with Crippen molar-refractivity contribution in [3.8, 4) is 0 Å². The van der Waals surface area contributed by atoms with Crippen LogP contribution in [0.5, 0.6) is 0 Å². The number of rotatable bonds is 3. The van der Waals surface area contributed by atoms with E-state index in [2.05, 4.69) is 20.5 Å². The van der Waals surface area contributed by atoms with E-state index in [1.165, 1.54) is 0 Å². The Hall–Kier alpha value is -1.41. The average Bonchev–Trinajstić information content (AvgIpc) is 2.89. The lowest BCUT2D eigenvalue weighted by Crippen LogP contribution is -1.93. The molecule has 0 unspecified atom stereocenters. The van der Waals surface area contributed by atoms with Crippen molar-refractivity contribution in [1.82, 2.24) is 29.6 Å². The molecule has 0 aliphatic heterocycles. The molecule has 8 heteroatoms. The first-order chi connectivity index (χ1) is 7.83. The molecule has 82 valence electrons. The van der Waals surface area contributed by atoms with Crippen molar-refractivity contribution in [2.24, 2.45) is 7.05 Å². The Labute approximate surface area is 99.3 Å². The zero-order chi connectivity index (χ0) is 11.0. The maximum atomic E-state index is 4.48. The molecule has 0 amide bonds. The van der Waals surface area contributed by atoms with E-state index in [0.717, 1.165) is 21.6 Å². The molecule has 0 N–H and O–H groups in total. The van der Waals surface area contributed by atoms with Gasteiger partial charge in [0, 0.05) is 30.6 Å². The van der Waals surface area contributed by atoms with E-state index >= 15 is 0 Å². The largest absolute Gasteiger partial charge is 0.297 e. The molecule has 0 aromatic carbocycles. The highest BCUT2D eigenvalue weighted by Crippen LogP contribution is 2.20. The van der Waals surface area contributed by atoms with Gasteiger partial charge in [0.1, 0.15) is 0 Å². The lowest BCUT2D eigenvalue weighted by atomic mass is 10.6. The fourth-order valence-electron chi connectivity index (χ4n) is 1.33. The fourth-order valence-corrected chi connectivity index (χ4v) is 2.78. The molecule has 6 nitrogen and oxygen atoms in total. The van der Waals surface area contributed by atoms with Crippen molar-refractivity contribution in [3.05, 3.63) is 23.5 Å². The first kappa shape index (κ1) is 9.79. The third-order valence-electron chi connectivity index (χ3n) is 2.07. The second-order valence-electron chi connectivity index (χ2n) is 3.20. The highest BCUT2D eigenvalue weighted by molar-refractivity contribution is 7.98.